The van der Waals surface area contributed by atoms with Crippen LogP contribution in [0.3, 0.4) is 0 Å². The molecule has 2 aliphatic rings. The highest BCUT2D eigenvalue weighted by atomic mass is 16.2. The first-order chi connectivity index (χ1) is 6.09. The third-order valence-corrected chi connectivity index (χ3v) is 2.36. The smallest absolute Gasteiger partial charge is 0.251 e. The minimum Gasteiger partial charge on any atom is -0.313 e. The number of hydrogen-bond donors (Lipinski definition) is 1. The zero-order valence-corrected chi connectivity index (χ0v) is 7.03. The van der Waals surface area contributed by atoms with Crippen LogP contribution < -0.4 is 5.32 Å². The lowest BCUT2D eigenvalue weighted by Crippen LogP contribution is -2.46. The van der Waals surface area contributed by atoms with Crippen LogP contribution >= 0.6 is 0 Å². The lowest BCUT2D eigenvalue weighted by atomic mass is 9.87. The molecule has 0 bridgehead atoms. The van der Waals surface area contributed by atoms with E-state index in [-0.39, 0.29) is 29.9 Å². The molecule has 2 atom stereocenters. The normalized spacial score (nSPS) is 32.7. The van der Waals surface area contributed by atoms with Crippen LogP contribution in [-0.2, 0) is 14.4 Å². The number of fused-ring (bicyclic) bond motifs is 1. The van der Waals surface area contributed by atoms with Crippen LogP contribution in [0.25, 0.3) is 0 Å². The van der Waals surface area contributed by atoms with E-state index in [0.717, 1.165) is 0 Å². The fourth-order valence-corrected chi connectivity index (χ4v) is 1.66. The van der Waals surface area contributed by atoms with Gasteiger partial charge >= 0.3 is 0 Å². The Hall–Kier alpha value is -1.52. The summed E-state index contributed by atoms with van der Waals surface area (Å²) in [5.74, 6) is -1.59. The van der Waals surface area contributed by atoms with Crippen molar-refractivity contribution in [3.63, 3.8) is 0 Å². The lowest BCUT2D eigenvalue weighted by molar-refractivity contribution is -0.132. The Labute approximate surface area is 74.2 Å². The molecular weight excluding hydrogens is 172 g/mol. The first-order valence-electron chi connectivity index (χ1n) is 4.04. The summed E-state index contributed by atoms with van der Waals surface area (Å²) in [6.07, 6.45) is -0.138. The van der Waals surface area contributed by atoms with Gasteiger partial charge in [-0.15, -0.1) is 0 Å². The Morgan fingerprint density at radius 3 is 2.77 bits per heavy atom. The fourth-order valence-electron chi connectivity index (χ4n) is 1.66. The van der Waals surface area contributed by atoms with Gasteiger partial charge in [0.15, 0.2) is 5.78 Å². The van der Waals surface area contributed by atoms with Crippen molar-refractivity contribution in [3.05, 3.63) is 0 Å². The summed E-state index contributed by atoms with van der Waals surface area (Å²) < 4.78 is 0. The van der Waals surface area contributed by atoms with Gasteiger partial charge in [-0.3, -0.25) is 14.4 Å². The third-order valence-electron chi connectivity index (χ3n) is 2.36. The van der Waals surface area contributed by atoms with E-state index < -0.39 is 11.8 Å². The molecule has 5 nitrogen and oxygen atoms in total. The van der Waals surface area contributed by atoms with E-state index in [1.807, 2.05) is 0 Å². The van der Waals surface area contributed by atoms with Crippen molar-refractivity contribution in [2.75, 3.05) is 0 Å². The molecule has 5 heteroatoms. The van der Waals surface area contributed by atoms with Gasteiger partial charge < -0.3 is 5.32 Å². The maximum Gasteiger partial charge on any atom is 0.251 e. The molecule has 1 saturated heterocycles. The molecule has 13 heavy (non-hydrogen) atoms. The quantitative estimate of drug-likeness (QED) is 0.499. The topological polar surface area (TPSA) is 75.6 Å². The molecule has 0 unspecified atom stereocenters. The van der Waals surface area contributed by atoms with Crippen molar-refractivity contribution in [2.24, 2.45) is 16.8 Å². The summed E-state index contributed by atoms with van der Waals surface area (Å²) in [4.78, 5) is 37.0. The SMILES string of the molecule is C[C@@H]1C(=O)N=C2NC(=O)CC(=O)[C@@H]21. The number of carbonyl (C=O) groups is 3. The van der Waals surface area contributed by atoms with Crippen LogP contribution in [0.5, 0.6) is 0 Å². The predicted octanol–water partition coefficient (Wildman–Crippen LogP) is -0.734. The van der Waals surface area contributed by atoms with Crippen molar-refractivity contribution < 1.29 is 14.4 Å². The van der Waals surface area contributed by atoms with Crippen molar-refractivity contribution in [3.8, 4) is 0 Å². The van der Waals surface area contributed by atoms with E-state index >= 15 is 0 Å². The molecule has 0 saturated carbocycles. The molecule has 1 N–H and O–H groups in total. The Kier molecular flexibility index (Phi) is 1.55. The van der Waals surface area contributed by atoms with Gasteiger partial charge in [-0.2, -0.15) is 4.99 Å². The van der Waals surface area contributed by atoms with Crippen LogP contribution in [0.4, 0.5) is 0 Å². The number of rotatable bonds is 0. The number of carbonyl (C=O) groups excluding carboxylic acids is 3. The second kappa shape index (κ2) is 2.48. The van der Waals surface area contributed by atoms with Gasteiger partial charge in [-0.1, -0.05) is 6.92 Å². The predicted molar refractivity (Wildman–Crippen MR) is 42.9 cm³/mol. The number of aliphatic imine (C=N–C) groups is 1. The number of nitrogens with one attached hydrogen (secondary N) is 1. The standard InChI is InChI=1S/C8H8N2O3/c1-3-6-4(11)2-5(12)9-7(6)10-8(3)13/h3,6H,2H2,1H3,(H,9,10,12,13)/t3-,6-/m0/s1. The number of piperidine rings is 1. The summed E-state index contributed by atoms with van der Waals surface area (Å²) >= 11 is 0. The number of hydrogen-bond acceptors (Lipinski definition) is 3. The van der Waals surface area contributed by atoms with Crippen LogP contribution in [-0.4, -0.2) is 23.4 Å². The van der Waals surface area contributed by atoms with Crippen LogP contribution in [0.2, 0.25) is 0 Å². The fraction of sp³-hybridized carbons (Fsp3) is 0.500. The summed E-state index contributed by atoms with van der Waals surface area (Å²) in [5, 5.41) is 2.44. The summed E-state index contributed by atoms with van der Waals surface area (Å²) in [6.45, 7) is 1.65. The number of amides is 2. The number of ketones is 1. The average molecular weight is 180 g/mol. The molecule has 68 valence electrons. The number of nitrogens with zero attached hydrogens (tertiary/aromatic N) is 1. The van der Waals surface area contributed by atoms with Crippen molar-refractivity contribution >= 4 is 23.4 Å². The van der Waals surface area contributed by atoms with Gasteiger partial charge in [0.1, 0.15) is 5.84 Å². The molecule has 0 aromatic carbocycles. The monoisotopic (exact) mass is 180 g/mol. The molecule has 2 rings (SSSR count). The van der Waals surface area contributed by atoms with E-state index in [0.29, 0.717) is 0 Å². The van der Waals surface area contributed by atoms with Crippen molar-refractivity contribution in [1.82, 2.24) is 5.32 Å². The minimum absolute atomic E-state index is 0.138. The molecule has 0 spiro atoms. The maximum absolute atomic E-state index is 11.3. The summed E-state index contributed by atoms with van der Waals surface area (Å²) in [5.41, 5.74) is 0. The van der Waals surface area contributed by atoms with Crippen LogP contribution in [0, 0.1) is 11.8 Å². The highest BCUT2D eigenvalue weighted by Crippen LogP contribution is 2.25. The Balaban J connectivity index is 2.36. The van der Waals surface area contributed by atoms with E-state index in [9.17, 15) is 14.4 Å². The molecule has 2 heterocycles. The van der Waals surface area contributed by atoms with E-state index in [2.05, 4.69) is 10.3 Å². The van der Waals surface area contributed by atoms with E-state index in [4.69, 9.17) is 0 Å². The van der Waals surface area contributed by atoms with Crippen molar-refractivity contribution in [2.45, 2.75) is 13.3 Å². The van der Waals surface area contributed by atoms with Gasteiger partial charge in [-0.05, 0) is 0 Å². The molecule has 0 aliphatic carbocycles. The molecule has 0 aromatic heterocycles. The average Bonchev–Trinajstić information content (AvgIpc) is 2.27. The second-order valence-corrected chi connectivity index (χ2v) is 3.29. The molecule has 0 aromatic rings. The van der Waals surface area contributed by atoms with Gasteiger partial charge in [0, 0.05) is 0 Å². The first kappa shape index (κ1) is 8.10. The zero-order chi connectivity index (χ0) is 9.59. The number of amidine groups is 1. The molecule has 1 fully saturated rings. The Morgan fingerprint density at radius 1 is 1.38 bits per heavy atom. The van der Waals surface area contributed by atoms with Crippen LogP contribution in [0.15, 0.2) is 4.99 Å². The Morgan fingerprint density at radius 2 is 2.08 bits per heavy atom. The lowest BCUT2D eigenvalue weighted by Gasteiger charge is -2.20. The van der Waals surface area contributed by atoms with Gasteiger partial charge in [0.05, 0.1) is 18.3 Å². The van der Waals surface area contributed by atoms with Crippen molar-refractivity contribution in [1.29, 1.82) is 0 Å². The molecule has 0 radical (unpaired) electrons. The number of Topliss-reactive ketones (excluding diaryl/α,β-unsaturated/α-hetero) is 1. The Bertz CT molecular complexity index is 345. The van der Waals surface area contributed by atoms with Crippen LogP contribution in [0.1, 0.15) is 13.3 Å². The largest absolute Gasteiger partial charge is 0.313 e. The van der Waals surface area contributed by atoms with Gasteiger partial charge in [0.2, 0.25) is 5.91 Å². The maximum atomic E-state index is 11.3. The molecule has 2 aliphatic heterocycles. The highest BCUT2D eigenvalue weighted by Gasteiger charge is 2.43. The van der Waals surface area contributed by atoms with E-state index in [1.54, 1.807) is 6.92 Å². The summed E-state index contributed by atoms with van der Waals surface area (Å²) in [7, 11) is 0. The molecule has 2 amide bonds. The van der Waals surface area contributed by atoms with E-state index in [1.165, 1.54) is 0 Å². The van der Waals surface area contributed by atoms with Gasteiger partial charge in [-0.25, -0.2) is 0 Å². The molecular formula is C8H8N2O3. The highest BCUT2D eigenvalue weighted by molar-refractivity contribution is 6.25. The third kappa shape index (κ3) is 1.07. The zero-order valence-electron chi connectivity index (χ0n) is 7.03. The summed E-state index contributed by atoms with van der Waals surface area (Å²) in [6, 6.07) is 0. The minimum atomic E-state index is -0.509. The second-order valence-electron chi connectivity index (χ2n) is 3.29. The van der Waals surface area contributed by atoms with Gasteiger partial charge in [0.25, 0.3) is 5.91 Å². The first-order valence-corrected chi connectivity index (χ1v) is 4.04.